The number of rotatable bonds is 5. The first-order valence-corrected chi connectivity index (χ1v) is 5.74. The fourth-order valence-electron chi connectivity index (χ4n) is 1.99. The fraction of sp³-hybridized carbons (Fsp3) is 0.583. The molecule has 1 aliphatic carbocycles. The van der Waals surface area contributed by atoms with Gasteiger partial charge in [0.05, 0.1) is 6.20 Å². The lowest BCUT2D eigenvalue weighted by atomic mass is 10.1. The van der Waals surface area contributed by atoms with Crippen molar-refractivity contribution in [3.63, 3.8) is 0 Å². The van der Waals surface area contributed by atoms with Gasteiger partial charge in [-0.15, -0.1) is 0 Å². The Morgan fingerprint density at radius 3 is 3.13 bits per heavy atom. The average Bonchev–Trinajstić information content (AvgIpc) is 2.85. The number of nitrogens with zero attached hydrogens (tertiary/aromatic N) is 1. The fourth-order valence-corrected chi connectivity index (χ4v) is 1.99. The molecule has 1 heterocycles. The molecule has 0 saturated heterocycles. The molecular formula is C12H19N3. The normalized spacial score (nSPS) is 15.7. The second-order valence-electron chi connectivity index (χ2n) is 4.20. The zero-order chi connectivity index (χ0) is 10.5. The van der Waals surface area contributed by atoms with E-state index in [2.05, 4.69) is 28.5 Å². The van der Waals surface area contributed by atoms with E-state index in [4.69, 9.17) is 0 Å². The van der Waals surface area contributed by atoms with Crippen molar-refractivity contribution in [2.45, 2.75) is 39.2 Å². The van der Waals surface area contributed by atoms with E-state index in [1.165, 1.54) is 36.9 Å². The molecule has 2 N–H and O–H groups in total. The molecular weight excluding hydrogens is 186 g/mol. The van der Waals surface area contributed by atoms with Gasteiger partial charge >= 0.3 is 0 Å². The van der Waals surface area contributed by atoms with Crippen molar-refractivity contribution in [2.75, 3.05) is 6.54 Å². The van der Waals surface area contributed by atoms with Crippen LogP contribution in [-0.4, -0.2) is 16.7 Å². The van der Waals surface area contributed by atoms with Gasteiger partial charge in [0.1, 0.15) is 0 Å². The van der Waals surface area contributed by atoms with Gasteiger partial charge in [-0.1, -0.05) is 11.6 Å². The predicted octanol–water partition coefficient (Wildman–Crippen LogP) is 2.31. The average molecular weight is 205 g/mol. The summed E-state index contributed by atoms with van der Waals surface area (Å²) in [5.74, 6) is 0. The molecule has 0 aliphatic heterocycles. The molecule has 1 aliphatic rings. The van der Waals surface area contributed by atoms with Crippen LogP contribution in [0.1, 0.15) is 36.9 Å². The van der Waals surface area contributed by atoms with Gasteiger partial charge in [0, 0.05) is 17.8 Å². The Morgan fingerprint density at radius 1 is 1.53 bits per heavy atom. The third-order valence-electron chi connectivity index (χ3n) is 3.01. The molecule has 0 spiro atoms. The monoisotopic (exact) mass is 205 g/mol. The number of H-pyrrole nitrogens is 1. The zero-order valence-corrected chi connectivity index (χ0v) is 9.34. The van der Waals surface area contributed by atoms with Gasteiger partial charge in [-0.2, -0.15) is 5.10 Å². The molecule has 0 unspecified atom stereocenters. The van der Waals surface area contributed by atoms with E-state index in [1.807, 2.05) is 6.20 Å². The van der Waals surface area contributed by atoms with E-state index >= 15 is 0 Å². The van der Waals surface area contributed by atoms with Crippen LogP contribution in [0.5, 0.6) is 0 Å². The Hall–Kier alpha value is -1.09. The maximum Gasteiger partial charge on any atom is 0.0535 e. The molecule has 1 aromatic rings. The lowest BCUT2D eigenvalue weighted by Gasteiger charge is -2.04. The molecule has 0 atom stereocenters. The molecule has 0 amide bonds. The minimum Gasteiger partial charge on any atom is -0.312 e. The molecule has 0 aromatic carbocycles. The van der Waals surface area contributed by atoms with Gasteiger partial charge < -0.3 is 5.32 Å². The second-order valence-corrected chi connectivity index (χ2v) is 4.20. The summed E-state index contributed by atoms with van der Waals surface area (Å²) in [6, 6.07) is 0. The molecule has 0 fully saturated rings. The Morgan fingerprint density at radius 2 is 2.47 bits per heavy atom. The lowest BCUT2D eigenvalue weighted by molar-refractivity contribution is 0.674. The summed E-state index contributed by atoms with van der Waals surface area (Å²) in [5, 5.41) is 10.4. The highest BCUT2D eigenvalue weighted by Gasteiger charge is 2.04. The zero-order valence-electron chi connectivity index (χ0n) is 9.34. The lowest BCUT2D eigenvalue weighted by Crippen LogP contribution is -2.15. The van der Waals surface area contributed by atoms with Crippen molar-refractivity contribution >= 4 is 0 Å². The quantitative estimate of drug-likeness (QED) is 0.572. The topological polar surface area (TPSA) is 40.7 Å². The van der Waals surface area contributed by atoms with E-state index in [-0.39, 0.29) is 0 Å². The van der Waals surface area contributed by atoms with Crippen LogP contribution >= 0.6 is 0 Å². The molecule has 0 radical (unpaired) electrons. The number of aryl methyl sites for hydroxylation is 1. The van der Waals surface area contributed by atoms with Crippen LogP contribution in [0.25, 0.3) is 0 Å². The van der Waals surface area contributed by atoms with Crippen LogP contribution in [-0.2, 0) is 6.54 Å². The summed E-state index contributed by atoms with van der Waals surface area (Å²) < 4.78 is 0. The minimum absolute atomic E-state index is 0.926. The highest BCUT2D eigenvalue weighted by atomic mass is 15.1. The van der Waals surface area contributed by atoms with Crippen LogP contribution in [0.4, 0.5) is 0 Å². The van der Waals surface area contributed by atoms with Crippen molar-refractivity contribution in [2.24, 2.45) is 0 Å². The van der Waals surface area contributed by atoms with Crippen LogP contribution < -0.4 is 5.32 Å². The molecule has 3 heteroatoms. The molecule has 2 rings (SSSR count). The van der Waals surface area contributed by atoms with Gasteiger partial charge in [0.2, 0.25) is 0 Å². The van der Waals surface area contributed by atoms with Crippen molar-refractivity contribution in [1.29, 1.82) is 0 Å². The molecule has 82 valence electrons. The Kier molecular flexibility index (Phi) is 3.56. The van der Waals surface area contributed by atoms with Gasteiger partial charge in [0.15, 0.2) is 0 Å². The summed E-state index contributed by atoms with van der Waals surface area (Å²) in [6.07, 6.45) is 9.46. The largest absolute Gasteiger partial charge is 0.312 e. The van der Waals surface area contributed by atoms with Gasteiger partial charge in [0.25, 0.3) is 0 Å². The highest BCUT2D eigenvalue weighted by Crippen LogP contribution is 2.19. The standard InChI is InChI=1S/C12H19N3/c1-10-12(9-14-15-10)8-13-7-6-11-4-2-3-5-11/h4,9,13H,2-3,5-8H2,1H3,(H,14,15). The molecule has 3 nitrogen and oxygen atoms in total. The number of hydrogen-bond donors (Lipinski definition) is 2. The second kappa shape index (κ2) is 5.12. The molecule has 1 aromatic heterocycles. The number of aromatic amines is 1. The van der Waals surface area contributed by atoms with Crippen LogP contribution in [0.15, 0.2) is 17.8 Å². The first kappa shape index (κ1) is 10.4. The van der Waals surface area contributed by atoms with E-state index in [0.29, 0.717) is 0 Å². The van der Waals surface area contributed by atoms with E-state index in [1.54, 1.807) is 5.57 Å². The summed E-state index contributed by atoms with van der Waals surface area (Å²) in [7, 11) is 0. The van der Waals surface area contributed by atoms with Crippen molar-refractivity contribution in [3.05, 3.63) is 29.1 Å². The summed E-state index contributed by atoms with van der Waals surface area (Å²) >= 11 is 0. The number of nitrogens with one attached hydrogen (secondary N) is 2. The van der Waals surface area contributed by atoms with Gasteiger partial charge in [-0.25, -0.2) is 0 Å². The summed E-state index contributed by atoms with van der Waals surface area (Å²) in [4.78, 5) is 0. The third kappa shape index (κ3) is 2.93. The predicted molar refractivity (Wildman–Crippen MR) is 61.6 cm³/mol. The number of allylic oxidation sites excluding steroid dienone is 1. The van der Waals surface area contributed by atoms with Crippen molar-refractivity contribution in [1.82, 2.24) is 15.5 Å². The van der Waals surface area contributed by atoms with Crippen LogP contribution in [0.2, 0.25) is 0 Å². The molecule has 0 saturated carbocycles. The first-order chi connectivity index (χ1) is 7.36. The van der Waals surface area contributed by atoms with Crippen molar-refractivity contribution < 1.29 is 0 Å². The molecule has 0 bridgehead atoms. The van der Waals surface area contributed by atoms with E-state index in [9.17, 15) is 0 Å². The highest BCUT2D eigenvalue weighted by molar-refractivity contribution is 5.14. The Bertz CT molecular complexity index is 338. The Labute approximate surface area is 91.0 Å². The maximum atomic E-state index is 4.00. The summed E-state index contributed by atoms with van der Waals surface area (Å²) in [6.45, 7) is 4.07. The SMILES string of the molecule is Cc1[nH]ncc1CNCCC1=CCCC1. The third-order valence-corrected chi connectivity index (χ3v) is 3.01. The van der Waals surface area contributed by atoms with Gasteiger partial charge in [-0.3, -0.25) is 5.10 Å². The first-order valence-electron chi connectivity index (χ1n) is 5.74. The van der Waals surface area contributed by atoms with Crippen LogP contribution in [0.3, 0.4) is 0 Å². The van der Waals surface area contributed by atoms with E-state index < -0.39 is 0 Å². The van der Waals surface area contributed by atoms with Crippen molar-refractivity contribution in [3.8, 4) is 0 Å². The number of hydrogen-bond acceptors (Lipinski definition) is 2. The molecule has 15 heavy (non-hydrogen) atoms. The van der Waals surface area contributed by atoms with Gasteiger partial charge in [-0.05, 0) is 39.2 Å². The number of aromatic nitrogens is 2. The van der Waals surface area contributed by atoms with E-state index in [0.717, 1.165) is 13.1 Å². The minimum atomic E-state index is 0.926. The smallest absolute Gasteiger partial charge is 0.0535 e. The summed E-state index contributed by atoms with van der Waals surface area (Å²) in [5.41, 5.74) is 4.07. The maximum absolute atomic E-state index is 4.00. The van der Waals surface area contributed by atoms with Crippen LogP contribution in [0, 0.1) is 6.92 Å². The Balaban J connectivity index is 1.65.